The van der Waals surface area contributed by atoms with Crippen molar-refractivity contribution in [3.05, 3.63) is 47.7 Å². The van der Waals surface area contributed by atoms with Crippen LogP contribution in [0.2, 0.25) is 0 Å². The molecule has 1 N–H and O–H groups in total. The predicted molar refractivity (Wildman–Crippen MR) is 90.1 cm³/mol. The Hall–Kier alpha value is -1.87. The molecule has 1 aromatic carbocycles. The minimum atomic E-state index is 0.728. The molecule has 1 fully saturated rings. The molecule has 0 radical (unpaired) electrons. The van der Waals surface area contributed by atoms with Gasteiger partial charge in [-0.3, -0.25) is 4.98 Å². The van der Waals surface area contributed by atoms with Crippen molar-refractivity contribution in [2.45, 2.75) is 45.7 Å². The Morgan fingerprint density at radius 2 is 2.09 bits per heavy atom. The first kappa shape index (κ1) is 15.0. The van der Waals surface area contributed by atoms with Crippen LogP contribution in [0.25, 0.3) is 11.3 Å². The van der Waals surface area contributed by atoms with E-state index < -0.39 is 0 Å². The van der Waals surface area contributed by atoms with Crippen LogP contribution in [0.1, 0.15) is 37.4 Å². The van der Waals surface area contributed by atoms with Crippen LogP contribution in [0.15, 0.2) is 36.4 Å². The Morgan fingerprint density at radius 3 is 2.82 bits per heavy atom. The first-order valence-electron chi connectivity index (χ1n) is 8.19. The standard InChI is InChI=1S/C19H24N2O/c1-3-11-22-18-6-4-5-15(12-18)19-10-7-16(14(2)21-19)13-20-17-8-9-17/h4-7,10,12,17,20H,3,8-9,11,13H2,1-2H3. The van der Waals surface area contributed by atoms with E-state index in [9.17, 15) is 0 Å². The normalized spacial score (nSPS) is 14.1. The molecule has 1 aromatic heterocycles. The summed E-state index contributed by atoms with van der Waals surface area (Å²) in [6.07, 6.45) is 3.65. The number of pyridine rings is 1. The fourth-order valence-electron chi connectivity index (χ4n) is 2.44. The number of hydrogen-bond acceptors (Lipinski definition) is 3. The van der Waals surface area contributed by atoms with Gasteiger partial charge in [0.15, 0.2) is 0 Å². The molecule has 0 saturated heterocycles. The van der Waals surface area contributed by atoms with Crippen LogP contribution in [0.4, 0.5) is 0 Å². The number of hydrogen-bond donors (Lipinski definition) is 1. The van der Waals surface area contributed by atoms with Crippen molar-refractivity contribution < 1.29 is 4.74 Å². The first-order valence-corrected chi connectivity index (χ1v) is 8.19. The maximum Gasteiger partial charge on any atom is 0.119 e. The fourth-order valence-corrected chi connectivity index (χ4v) is 2.44. The smallest absolute Gasteiger partial charge is 0.119 e. The van der Waals surface area contributed by atoms with Gasteiger partial charge >= 0.3 is 0 Å². The molecule has 0 atom stereocenters. The second-order valence-electron chi connectivity index (χ2n) is 5.97. The number of nitrogens with zero attached hydrogens (tertiary/aromatic N) is 1. The molecule has 1 saturated carbocycles. The van der Waals surface area contributed by atoms with Gasteiger partial charge in [-0.15, -0.1) is 0 Å². The number of benzene rings is 1. The summed E-state index contributed by atoms with van der Waals surface area (Å²) in [6.45, 7) is 5.87. The van der Waals surface area contributed by atoms with Crippen LogP contribution in [-0.2, 0) is 6.54 Å². The van der Waals surface area contributed by atoms with E-state index in [1.54, 1.807) is 0 Å². The zero-order valence-electron chi connectivity index (χ0n) is 13.4. The van der Waals surface area contributed by atoms with Crippen LogP contribution in [-0.4, -0.2) is 17.6 Å². The van der Waals surface area contributed by atoms with Crippen molar-refractivity contribution in [3.8, 4) is 17.0 Å². The molecule has 0 amide bonds. The van der Waals surface area contributed by atoms with Gasteiger partial charge in [0.2, 0.25) is 0 Å². The predicted octanol–water partition coefficient (Wildman–Crippen LogP) is 4.10. The quantitative estimate of drug-likeness (QED) is 0.835. The second-order valence-corrected chi connectivity index (χ2v) is 5.97. The van der Waals surface area contributed by atoms with Gasteiger partial charge in [-0.05, 0) is 49.9 Å². The molecule has 1 heterocycles. The van der Waals surface area contributed by atoms with Crippen molar-refractivity contribution in [2.75, 3.05) is 6.61 Å². The van der Waals surface area contributed by atoms with Crippen LogP contribution in [0.5, 0.6) is 5.75 Å². The summed E-state index contributed by atoms with van der Waals surface area (Å²) in [7, 11) is 0. The highest BCUT2D eigenvalue weighted by Crippen LogP contribution is 2.24. The van der Waals surface area contributed by atoms with E-state index in [1.807, 2.05) is 12.1 Å². The average Bonchev–Trinajstić information content (AvgIpc) is 3.36. The lowest BCUT2D eigenvalue weighted by atomic mass is 10.1. The Balaban J connectivity index is 1.74. The molecule has 0 spiro atoms. The minimum Gasteiger partial charge on any atom is -0.494 e. The molecule has 0 aliphatic heterocycles. The maximum absolute atomic E-state index is 5.71. The highest BCUT2D eigenvalue weighted by molar-refractivity contribution is 5.61. The van der Waals surface area contributed by atoms with Gasteiger partial charge in [0.25, 0.3) is 0 Å². The third kappa shape index (κ3) is 3.86. The molecule has 116 valence electrons. The summed E-state index contributed by atoms with van der Waals surface area (Å²) in [6, 6.07) is 13.2. The van der Waals surface area contributed by atoms with E-state index >= 15 is 0 Å². The summed E-state index contributed by atoms with van der Waals surface area (Å²) in [5, 5.41) is 3.55. The van der Waals surface area contributed by atoms with Gasteiger partial charge in [-0.2, -0.15) is 0 Å². The fraction of sp³-hybridized carbons (Fsp3) is 0.421. The number of nitrogens with one attached hydrogen (secondary N) is 1. The zero-order chi connectivity index (χ0) is 15.4. The summed E-state index contributed by atoms with van der Waals surface area (Å²) in [5.74, 6) is 0.915. The molecule has 3 nitrogen and oxygen atoms in total. The SMILES string of the molecule is CCCOc1cccc(-c2ccc(CNC3CC3)c(C)n2)c1. The van der Waals surface area contributed by atoms with Crippen molar-refractivity contribution in [2.24, 2.45) is 0 Å². The largest absolute Gasteiger partial charge is 0.494 e. The molecule has 1 aliphatic carbocycles. The Morgan fingerprint density at radius 1 is 1.23 bits per heavy atom. The molecular formula is C19H24N2O. The van der Waals surface area contributed by atoms with E-state index in [-0.39, 0.29) is 0 Å². The molecule has 0 unspecified atom stereocenters. The summed E-state index contributed by atoms with van der Waals surface area (Å²) in [4.78, 5) is 4.77. The summed E-state index contributed by atoms with van der Waals surface area (Å²) in [5.41, 5.74) is 4.51. The van der Waals surface area contributed by atoms with E-state index in [1.165, 1.54) is 18.4 Å². The number of rotatable bonds is 7. The lowest BCUT2D eigenvalue weighted by Gasteiger charge is -2.10. The monoisotopic (exact) mass is 296 g/mol. The molecule has 3 heteroatoms. The van der Waals surface area contributed by atoms with Gasteiger partial charge in [0, 0.05) is 23.8 Å². The van der Waals surface area contributed by atoms with Gasteiger partial charge < -0.3 is 10.1 Å². The highest BCUT2D eigenvalue weighted by atomic mass is 16.5. The van der Waals surface area contributed by atoms with Gasteiger partial charge in [-0.1, -0.05) is 25.1 Å². The van der Waals surface area contributed by atoms with Crippen LogP contribution < -0.4 is 10.1 Å². The van der Waals surface area contributed by atoms with E-state index in [0.29, 0.717) is 0 Å². The highest BCUT2D eigenvalue weighted by Gasteiger charge is 2.20. The third-order valence-electron chi connectivity index (χ3n) is 3.96. The number of ether oxygens (including phenoxy) is 1. The molecular weight excluding hydrogens is 272 g/mol. The van der Waals surface area contributed by atoms with Crippen molar-refractivity contribution >= 4 is 0 Å². The van der Waals surface area contributed by atoms with Crippen molar-refractivity contribution in [1.29, 1.82) is 0 Å². The molecule has 1 aliphatic rings. The van der Waals surface area contributed by atoms with Crippen LogP contribution in [0.3, 0.4) is 0 Å². The zero-order valence-corrected chi connectivity index (χ0v) is 13.4. The van der Waals surface area contributed by atoms with E-state index in [0.717, 1.165) is 48.3 Å². The number of aryl methyl sites for hydroxylation is 1. The summed E-state index contributed by atoms with van der Waals surface area (Å²) < 4.78 is 5.71. The maximum atomic E-state index is 5.71. The van der Waals surface area contributed by atoms with Crippen LogP contribution in [0, 0.1) is 6.92 Å². The molecule has 22 heavy (non-hydrogen) atoms. The Kier molecular flexibility index (Phi) is 4.74. The van der Waals surface area contributed by atoms with Gasteiger partial charge in [-0.25, -0.2) is 0 Å². The van der Waals surface area contributed by atoms with Crippen LogP contribution >= 0.6 is 0 Å². The Bertz CT molecular complexity index is 635. The molecule has 0 bridgehead atoms. The minimum absolute atomic E-state index is 0.728. The Labute approximate surface area is 132 Å². The summed E-state index contributed by atoms with van der Waals surface area (Å²) >= 11 is 0. The van der Waals surface area contributed by atoms with Gasteiger partial charge in [0.1, 0.15) is 5.75 Å². The van der Waals surface area contributed by atoms with E-state index in [2.05, 4.69) is 43.4 Å². The molecule has 2 aromatic rings. The lowest BCUT2D eigenvalue weighted by Crippen LogP contribution is -2.16. The lowest BCUT2D eigenvalue weighted by molar-refractivity contribution is 0.317. The number of aromatic nitrogens is 1. The van der Waals surface area contributed by atoms with Gasteiger partial charge in [0.05, 0.1) is 12.3 Å². The average molecular weight is 296 g/mol. The topological polar surface area (TPSA) is 34.1 Å². The third-order valence-corrected chi connectivity index (χ3v) is 3.96. The second kappa shape index (κ2) is 6.93. The first-order chi connectivity index (χ1) is 10.8. The molecule has 3 rings (SSSR count). The van der Waals surface area contributed by atoms with Crippen molar-refractivity contribution in [3.63, 3.8) is 0 Å². The van der Waals surface area contributed by atoms with E-state index in [4.69, 9.17) is 9.72 Å². The van der Waals surface area contributed by atoms with Crippen molar-refractivity contribution in [1.82, 2.24) is 10.3 Å².